The molecule has 0 aliphatic heterocycles. The average molecular weight is 723 g/mol. The van der Waals surface area contributed by atoms with Crippen LogP contribution in [0.1, 0.15) is 137 Å². The van der Waals surface area contributed by atoms with E-state index in [1.807, 2.05) is 0 Å². The molecular weight excluding hydrogens is 649 g/mol. The molecule has 0 unspecified atom stereocenters. The van der Waals surface area contributed by atoms with Gasteiger partial charge in [-0.3, -0.25) is 9.80 Å². The van der Waals surface area contributed by atoms with Crippen molar-refractivity contribution in [1.29, 1.82) is 0 Å². The normalized spacial score (nSPS) is 11.4. The van der Waals surface area contributed by atoms with Crippen molar-refractivity contribution >= 4 is 46.6 Å². The Kier molecular flexibility index (Phi) is 25.9. The molecule has 0 spiro atoms. The number of hydrogen-bond acceptors (Lipinski definition) is 4. The molecule has 49 heavy (non-hydrogen) atoms. The highest BCUT2D eigenvalue weighted by Gasteiger charge is 2.13. The SMILES string of the molecule is CCCCCCN(CCCCCC)CCOc1ccc2c(c1)c1cc(OCCN(CCCCCC)CCCCCC)ccc1n2CC.Cl.Cl. The smallest absolute Gasteiger partial charge is 0.120 e. The summed E-state index contributed by atoms with van der Waals surface area (Å²) >= 11 is 0. The van der Waals surface area contributed by atoms with Gasteiger partial charge in [0.15, 0.2) is 0 Å². The molecule has 5 nitrogen and oxygen atoms in total. The molecule has 0 aliphatic carbocycles. The van der Waals surface area contributed by atoms with Gasteiger partial charge in [-0.25, -0.2) is 0 Å². The fourth-order valence-corrected chi connectivity index (χ4v) is 6.89. The van der Waals surface area contributed by atoms with Gasteiger partial charge in [0.25, 0.3) is 0 Å². The lowest BCUT2D eigenvalue weighted by Gasteiger charge is -2.22. The minimum absolute atomic E-state index is 0. The van der Waals surface area contributed by atoms with E-state index in [1.54, 1.807) is 0 Å². The van der Waals surface area contributed by atoms with E-state index in [4.69, 9.17) is 9.47 Å². The zero-order chi connectivity index (χ0) is 33.5. The van der Waals surface area contributed by atoms with Crippen LogP contribution >= 0.6 is 24.8 Å². The number of unbranched alkanes of at least 4 members (excludes halogenated alkanes) is 12. The van der Waals surface area contributed by atoms with E-state index >= 15 is 0 Å². The molecule has 0 saturated heterocycles. The van der Waals surface area contributed by atoms with Crippen LogP contribution in [-0.4, -0.2) is 66.8 Å². The summed E-state index contributed by atoms with van der Waals surface area (Å²) in [5.41, 5.74) is 2.54. The van der Waals surface area contributed by atoms with Crippen molar-refractivity contribution in [2.24, 2.45) is 0 Å². The van der Waals surface area contributed by atoms with E-state index in [0.29, 0.717) is 0 Å². The summed E-state index contributed by atoms with van der Waals surface area (Å²) in [6, 6.07) is 13.3. The molecule has 7 heteroatoms. The molecule has 0 radical (unpaired) electrons. The van der Waals surface area contributed by atoms with Crippen LogP contribution < -0.4 is 9.47 Å². The van der Waals surface area contributed by atoms with E-state index in [-0.39, 0.29) is 24.8 Å². The number of rotatable bonds is 29. The largest absolute Gasteiger partial charge is 0.492 e. The number of benzene rings is 2. The molecule has 282 valence electrons. The van der Waals surface area contributed by atoms with Gasteiger partial charge in [0.05, 0.1) is 0 Å². The third-order valence-electron chi connectivity index (χ3n) is 9.79. The summed E-state index contributed by atoms with van der Waals surface area (Å²) in [7, 11) is 0. The maximum absolute atomic E-state index is 6.42. The minimum atomic E-state index is 0. The van der Waals surface area contributed by atoms with Crippen molar-refractivity contribution in [2.45, 2.75) is 144 Å². The van der Waals surface area contributed by atoms with Gasteiger partial charge in [-0.2, -0.15) is 0 Å². The van der Waals surface area contributed by atoms with Crippen LogP contribution in [0.4, 0.5) is 0 Å². The monoisotopic (exact) mass is 722 g/mol. The lowest BCUT2D eigenvalue weighted by atomic mass is 10.1. The first-order valence-corrected chi connectivity index (χ1v) is 19.9. The summed E-state index contributed by atoms with van der Waals surface area (Å²) in [5.74, 6) is 1.94. The summed E-state index contributed by atoms with van der Waals surface area (Å²) in [4.78, 5) is 5.27. The predicted molar refractivity (Wildman–Crippen MR) is 220 cm³/mol. The maximum Gasteiger partial charge on any atom is 0.120 e. The number of aromatic nitrogens is 1. The first kappa shape index (κ1) is 45.4. The zero-order valence-corrected chi connectivity index (χ0v) is 33.7. The number of hydrogen-bond donors (Lipinski definition) is 0. The van der Waals surface area contributed by atoms with E-state index in [0.717, 1.165) is 44.3 Å². The zero-order valence-electron chi connectivity index (χ0n) is 32.1. The molecule has 0 saturated carbocycles. The minimum Gasteiger partial charge on any atom is -0.492 e. The van der Waals surface area contributed by atoms with Crippen LogP contribution in [0.3, 0.4) is 0 Å². The first-order chi connectivity index (χ1) is 23.1. The van der Waals surface area contributed by atoms with E-state index in [1.165, 1.54) is 151 Å². The summed E-state index contributed by atoms with van der Waals surface area (Å²) < 4.78 is 15.3. The Hall–Kier alpha value is -1.66. The highest BCUT2D eigenvalue weighted by Crippen LogP contribution is 2.34. The third kappa shape index (κ3) is 16.5. The number of ether oxygens (including phenoxy) is 2. The number of fused-ring (bicyclic) bond motifs is 3. The Morgan fingerprint density at radius 3 is 1.10 bits per heavy atom. The lowest BCUT2D eigenvalue weighted by Crippen LogP contribution is -2.30. The van der Waals surface area contributed by atoms with Crippen LogP contribution in [0.2, 0.25) is 0 Å². The molecule has 1 aromatic heterocycles. The number of aryl methyl sites for hydroxylation is 1. The van der Waals surface area contributed by atoms with Crippen molar-refractivity contribution < 1.29 is 9.47 Å². The van der Waals surface area contributed by atoms with Crippen LogP contribution in [-0.2, 0) is 6.54 Å². The molecular formula is C42H73Cl2N3O2. The lowest BCUT2D eigenvalue weighted by molar-refractivity contribution is 0.202. The molecule has 0 aliphatic rings. The van der Waals surface area contributed by atoms with Crippen LogP contribution in [0.15, 0.2) is 36.4 Å². The predicted octanol–water partition coefficient (Wildman–Crippen LogP) is 12.3. The molecule has 3 aromatic rings. The second-order valence-corrected chi connectivity index (χ2v) is 13.7. The Morgan fingerprint density at radius 1 is 0.449 bits per heavy atom. The van der Waals surface area contributed by atoms with Crippen molar-refractivity contribution in [1.82, 2.24) is 14.4 Å². The highest BCUT2D eigenvalue weighted by molar-refractivity contribution is 6.09. The summed E-state index contributed by atoms with van der Waals surface area (Å²) in [6.45, 7) is 20.6. The molecule has 2 aromatic carbocycles. The maximum atomic E-state index is 6.42. The second kappa shape index (κ2) is 28.0. The Labute approximate surface area is 313 Å². The third-order valence-corrected chi connectivity index (χ3v) is 9.79. The number of nitrogens with zero attached hydrogens (tertiary/aromatic N) is 3. The molecule has 3 rings (SSSR count). The Morgan fingerprint density at radius 2 is 0.796 bits per heavy atom. The Balaban J connectivity index is 0.00000600. The van der Waals surface area contributed by atoms with Crippen molar-refractivity contribution in [3.63, 3.8) is 0 Å². The van der Waals surface area contributed by atoms with Gasteiger partial charge in [0.1, 0.15) is 24.7 Å². The fraction of sp³-hybridized carbons (Fsp3) is 0.714. The Bertz CT molecular complexity index is 1120. The van der Waals surface area contributed by atoms with Crippen LogP contribution in [0, 0.1) is 0 Å². The average Bonchev–Trinajstić information content (AvgIpc) is 3.40. The van der Waals surface area contributed by atoms with Crippen molar-refractivity contribution in [3.05, 3.63) is 36.4 Å². The van der Waals surface area contributed by atoms with E-state index in [2.05, 4.69) is 85.4 Å². The molecule has 0 N–H and O–H groups in total. The summed E-state index contributed by atoms with van der Waals surface area (Å²) in [5, 5.41) is 2.52. The number of halogens is 2. The van der Waals surface area contributed by atoms with Crippen LogP contribution in [0.25, 0.3) is 21.8 Å². The fourth-order valence-electron chi connectivity index (χ4n) is 6.89. The molecule has 0 bridgehead atoms. The molecule has 1 heterocycles. The van der Waals surface area contributed by atoms with Gasteiger partial charge in [-0.15, -0.1) is 24.8 Å². The molecule has 0 atom stereocenters. The van der Waals surface area contributed by atoms with Crippen molar-refractivity contribution in [3.8, 4) is 11.5 Å². The standard InChI is InChI=1S/C42H71N3O2.2ClH/c1-6-11-15-19-27-43(28-20-16-12-7-2)31-33-46-37-23-25-41-39(35-37)40-36-38(24-26-42(40)45(41)10-5)47-34-32-44(29-21-17-13-8-3)30-22-18-14-9-4;;/h23-26,35-36H,6-22,27-34H2,1-5H3;2*1H. The van der Waals surface area contributed by atoms with Gasteiger partial charge in [0.2, 0.25) is 0 Å². The van der Waals surface area contributed by atoms with Crippen LogP contribution in [0.5, 0.6) is 11.5 Å². The van der Waals surface area contributed by atoms with Gasteiger partial charge in [0, 0.05) is 41.4 Å². The highest BCUT2D eigenvalue weighted by atomic mass is 35.5. The van der Waals surface area contributed by atoms with Gasteiger partial charge in [-0.1, -0.05) is 105 Å². The van der Waals surface area contributed by atoms with E-state index in [9.17, 15) is 0 Å². The van der Waals surface area contributed by atoms with Gasteiger partial charge >= 0.3 is 0 Å². The van der Waals surface area contributed by atoms with Gasteiger partial charge in [-0.05, 0) is 95.2 Å². The second-order valence-electron chi connectivity index (χ2n) is 13.7. The van der Waals surface area contributed by atoms with Crippen molar-refractivity contribution in [2.75, 3.05) is 52.5 Å². The topological polar surface area (TPSA) is 29.9 Å². The quantitative estimate of drug-likeness (QED) is 0.0667. The summed E-state index contributed by atoms with van der Waals surface area (Å²) in [6.07, 6.45) is 21.1. The first-order valence-electron chi connectivity index (χ1n) is 19.9. The molecule has 0 fully saturated rings. The molecule has 0 amide bonds. The van der Waals surface area contributed by atoms with Gasteiger partial charge < -0.3 is 14.0 Å². The van der Waals surface area contributed by atoms with E-state index < -0.39 is 0 Å².